The van der Waals surface area contributed by atoms with Crippen LogP contribution in [0, 0.1) is 0 Å². The van der Waals surface area contributed by atoms with Crippen molar-refractivity contribution in [2.75, 3.05) is 0 Å². The van der Waals surface area contributed by atoms with Crippen LogP contribution in [-0.2, 0) is 0 Å². The van der Waals surface area contributed by atoms with Gasteiger partial charge in [0.25, 0.3) is 0 Å². The number of fused-ring (bicyclic) bond motifs is 1. The van der Waals surface area contributed by atoms with Gasteiger partial charge < -0.3 is 4.98 Å². The molecule has 1 heteroatoms. The van der Waals surface area contributed by atoms with Gasteiger partial charge in [-0.3, -0.25) is 0 Å². The van der Waals surface area contributed by atoms with E-state index < -0.39 is 0 Å². The highest BCUT2D eigenvalue weighted by molar-refractivity contribution is 5.83. The maximum absolute atomic E-state index is 3.90. The Bertz CT molecular complexity index is 437. The van der Waals surface area contributed by atoms with Crippen LogP contribution in [-0.4, -0.2) is 4.98 Å². The van der Waals surface area contributed by atoms with E-state index in [1.165, 1.54) is 22.9 Å². The molecule has 0 fully saturated rings. The van der Waals surface area contributed by atoms with Crippen LogP contribution in [0.25, 0.3) is 16.5 Å². The predicted molar refractivity (Wildman–Crippen MR) is 80.3 cm³/mol. The highest BCUT2D eigenvalue weighted by atomic mass is 14.7. The average Bonchev–Trinajstić information content (AvgIpc) is 2.79. The largest absolute Gasteiger partial charge is 0.361 e. The van der Waals surface area contributed by atoms with Crippen LogP contribution in [0.15, 0.2) is 37.0 Å². The first-order valence-corrected chi connectivity index (χ1v) is 6.42. The monoisotopic (exact) mass is 231 g/mol. The topological polar surface area (TPSA) is 15.8 Å². The Labute approximate surface area is 106 Å². The van der Waals surface area contributed by atoms with Crippen molar-refractivity contribution < 1.29 is 0 Å². The Morgan fingerprint density at radius 2 is 1.76 bits per heavy atom. The lowest BCUT2D eigenvalue weighted by molar-refractivity contribution is 1.09. The standard InChI is InChI=1S/C11H11N.C3H8.C2H6/c1-8(2)10-4-3-9-5-6-12-11(9)7-10;1-3-2;1-2/h3-7,12H,1H2,2H3;3H2,1-2H3;1-2H3. The van der Waals surface area contributed by atoms with E-state index in [1.807, 2.05) is 27.0 Å². The van der Waals surface area contributed by atoms with Crippen molar-refractivity contribution >= 4 is 16.5 Å². The number of hydrogen-bond acceptors (Lipinski definition) is 0. The summed E-state index contributed by atoms with van der Waals surface area (Å²) in [5.74, 6) is 0. The third-order valence-corrected chi connectivity index (χ3v) is 2.05. The molecule has 0 saturated carbocycles. The molecule has 0 amide bonds. The normalized spacial score (nSPS) is 8.76. The first-order valence-electron chi connectivity index (χ1n) is 6.42. The second kappa shape index (κ2) is 8.63. The van der Waals surface area contributed by atoms with Crippen LogP contribution >= 0.6 is 0 Å². The van der Waals surface area contributed by atoms with Gasteiger partial charge in [-0.05, 0) is 30.0 Å². The summed E-state index contributed by atoms with van der Waals surface area (Å²) in [5, 5.41) is 1.25. The smallest absolute Gasteiger partial charge is 0.0460 e. The Morgan fingerprint density at radius 3 is 2.29 bits per heavy atom. The van der Waals surface area contributed by atoms with Crippen LogP contribution in [0.3, 0.4) is 0 Å². The molecule has 0 aliphatic rings. The molecule has 1 heterocycles. The third-order valence-electron chi connectivity index (χ3n) is 2.05. The molecule has 0 saturated heterocycles. The van der Waals surface area contributed by atoms with Gasteiger partial charge in [0.05, 0.1) is 0 Å². The van der Waals surface area contributed by atoms with Gasteiger partial charge in [-0.2, -0.15) is 0 Å². The maximum Gasteiger partial charge on any atom is 0.0460 e. The number of aromatic nitrogens is 1. The SMILES string of the molecule is C=C(C)c1ccc2cc[nH]c2c1.CC.CCC. The molecule has 0 bridgehead atoms. The van der Waals surface area contributed by atoms with Gasteiger partial charge >= 0.3 is 0 Å². The Balaban J connectivity index is 0.000000450. The summed E-state index contributed by atoms with van der Waals surface area (Å²) in [6.45, 7) is 14.2. The maximum atomic E-state index is 3.90. The zero-order chi connectivity index (χ0) is 13.3. The van der Waals surface area contributed by atoms with E-state index in [4.69, 9.17) is 0 Å². The summed E-state index contributed by atoms with van der Waals surface area (Å²) < 4.78 is 0. The number of H-pyrrole nitrogens is 1. The molecule has 17 heavy (non-hydrogen) atoms. The first kappa shape index (κ1) is 15.5. The van der Waals surface area contributed by atoms with Crippen LogP contribution in [0.4, 0.5) is 0 Å². The van der Waals surface area contributed by atoms with Gasteiger partial charge in [0.1, 0.15) is 0 Å². The number of rotatable bonds is 1. The van der Waals surface area contributed by atoms with E-state index in [-0.39, 0.29) is 0 Å². The van der Waals surface area contributed by atoms with Crippen molar-refractivity contribution in [1.29, 1.82) is 0 Å². The number of nitrogens with one attached hydrogen (secondary N) is 1. The lowest BCUT2D eigenvalue weighted by atomic mass is 10.1. The van der Waals surface area contributed by atoms with Crippen LogP contribution in [0.1, 0.15) is 46.6 Å². The van der Waals surface area contributed by atoms with Gasteiger partial charge in [-0.1, -0.05) is 58.4 Å². The molecule has 0 aliphatic heterocycles. The summed E-state index contributed by atoms with van der Waals surface area (Å²) in [7, 11) is 0. The zero-order valence-corrected chi connectivity index (χ0v) is 11.8. The molecule has 1 N–H and O–H groups in total. The number of hydrogen-bond donors (Lipinski definition) is 1. The summed E-state index contributed by atoms with van der Waals surface area (Å²) in [6, 6.07) is 8.39. The van der Waals surface area contributed by atoms with E-state index in [9.17, 15) is 0 Å². The molecule has 0 atom stereocenters. The molecule has 2 rings (SSSR count). The predicted octanol–water partition coefficient (Wildman–Crippen LogP) is 5.64. The molecule has 1 aromatic heterocycles. The van der Waals surface area contributed by atoms with Gasteiger partial charge in [-0.15, -0.1) is 0 Å². The first-order chi connectivity index (χ1) is 8.19. The van der Waals surface area contributed by atoms with Crippen molar-refractivity contribution in [3.8, 4) is 0 Å². The molecule has 1 aromatic carbocycles. The molecule has 0 aliphatic carbocycles. The highest BCUT2D eigenvalue weighted by Crippen LogP contribution is 2.18. The molecule has 0 unspecified atom stereocenters. The lowest BCUT2D eigenvalue weighted by Gasteiger charge is -1.98. The Morgan fingerprint density at radius 1 is 1.18 bits per heavy atom. The molecule has 1 nitrogen and oxygen atoms in total. The number of allylic oxidation sites excluding steroid dienone is 1. The van der Waals surface area contributed by atoms with Crippen molar-refractivity contribution in [2.45, 2.75) is 41.0 Å². The van der Waals surface area contributed by atoms with E-state index in [0.717, 1.165) is 5.57 Å². The van der Waals surface area contributed by atoms with Crippen LogP contribution in [0.5, 0.6) is 0 Å². The van der Waals surface area contributed by atoms with E-state index in [1.54, 1.807) is 0 Å². The van der Waals surface area contributed by atoms with E-state index in [2.05, 4.69) is 49.7 Å². The van der Waals surface area contributed by atoms with E-state index in [0.29, 0.717) is 0 Å². The fourth-order valence-corrected chi connectivity index (χ4v) is 1.31. The second-order valence-electron chi connectivity index (χ2n) is 3.77. The minimum Gasteiger partial charge on any atom is -0.361 e. The van der Waals surface area contributed by atoms with Gasteiger partial charge in [0.15, 0.2) is 0 Å². The fourth-order valence-electron chi connectivity index (χ4n) is 1.31. The Hall–Kier alpha value is -1.50. The molecular formula is C16H25N. The second-order valence-corrected chi connectivity index (χ2v) is 3.77. The number of benzene rings is 1. The van der Waals surface area contributed by atoms with Crippen molar-refractivity contribution in [3.63, 3.8) is 0 Å². The van der Waals surface area contributed by atoms with Crippen molar-refractivity contribution in [1.82, 2.24) is 4.98 Å². The number of aromatic amines is 1. The quantitative estimate of drug-likeness (QED) is 0.653. The fraction of sp³-hybridized carbons (Fsp3) is 0.375. The molecular weight excluding hydrogens is 206 g/mol. The molecule has 0 radical (unpaired) electrons. The molecule has 94 valence electrons. The Kier molecular flexibility index (Phi) is 7.87. The zero-order valence-electron chi connectivity index (χ0n) is 11.8. The molecule has 0 spiro atoms. The van der Waals surface area contributed by atoms with Gasteiger partial charge in [-0.25, -0.2) is 0 Å². The summed E-state index contributed by atoms with van der Waals surface area (Å²) >= 11 is 0. The summed E-state index contributed by atoms with van der Waals surface area (Å²) in [6.07, 6.45) is 3.20. The van der Waals surface area contributed by atoms with Gasteiger partial charge in [0.2, 0.25) is 0 Å². The average molecular weight is 231 g/mol. The van der Waals surface area contributed by atoms with Crippen LogP contribution < -0.4 is 0 Å². The highest BCUT2D eigenvalue weighted by Gasteiger charge is 1.96. The molecule has 2 aromatic rings. The van der Waals surface area contributed by atoms with Crippen molar-refractivity contribution in [3.05, 3.63) is 42.6 Å². The minimum absolute atomic E-state index is 1.10. The third kappa shape index (κ3) is 4.90. The van der Waals surface area contributed by atoms with Crippen molar-refractivity contribution in [2.24, 2.45) is 0 Å². The van der Waals surface area contributed by atoms with E-state index >= 15 is 0 Å². The summed E-state index contributed by atoms with van der Waals surface area (Å²) in [4.78, 5) is 3.17. The van der Waals surface area contributed by atoms with Crippen LogP contribution in [0.2, 0.25) is 0 Å². The minimum atomic E-state index is 1.10. The van der Waals surface area contributed by atoms with Gasteiger partial charge in [0, 0.05) is 11.7 Å². The lowest BCUT2D eigenvalue weighted by Crippen LogP contribution is -1.76. The summed E-state index contributed by atoms with van der Waals surface area (Å²) in [5.41, 5.74) is 3.48.